The zero-order chi connectivity index (χ0) is 16.3. The Morgan fingerprint density at radius 1 is 1.59 bits per heavy atom. The molecule has 0 bridgehead atoms. The Hall–Kier alpha value is -1.90. The summed E-state index contributed by atoms with van der Waals surface area (Å²) in [5.41, 5.74) is 0.717. The van der Waals surface area contributed by atoms with Crippen molar-refractivity contribution in [3.63, 3.8) is 0 Å². The lowest BCUT2D eigenvalue weighted by Crippen LogP contribution is -2.51. The highest BCUT2D eigenvalue weighted by atomic mass is 32.2. The van der Waals surface area contributed by atoms with Crippen LogP contribution in [0.5, 0.6) is 5.75 Å². The lowest BCUT2D eigenvalue weighted by Gasteiger charge is -2.25. The maximum absolute atomic E-state index is 12.3. The molecule has 0 radical (unpaired) electrons. The molecule has 0 aliphatic carbocycles. The molecule has 0 unspecified atom stereocenters. The molecule has 1 atom stereocenters. The third-order valence-electron chi connectivity index (χ3n) is 2.97. The van der Waals surface area contributed by atoms with Gasteiger partial charge in [-0.05, 0) is 23.8 Å². The van der Waals surface area contributed by atoms with Crippen LogP contribution in [0.2, 0.25) is 0 Å². The van der Waals surface area contributed by atoms with Crippen molar-refractivity contribution in [2.45, 2.75) is 6.04 Å². The van der Waals surface area contributed by atoms with Crippen molar-refractivity contribution in [3.05, 3.63) is 34.7 Å². The predicted molar refractivity (Wildman–Crippen MR) is 83.9 cm³/mol. The number of nitrogens with zero attached hydrogens (tertiary/aromatic N) is 1. The first-order valence-electron chi connectivity index (χ1n) is 6.20. The summed E-state index contributed by atoms with van der Waals surface area (Å²) in [7, 11) is 1.53. The van der Waals surface area contributed by atoms with Crippen LogP contribution in [-0.2, 0) is 9.59 Å². The lowest BCUT2D eigenvalue weighted by atomic mass is 10.2. The van der Waals surface area contributed by atoms with Gasteiger partial charge in [-0.3, -0.25) is 9.69 Å². The highest BCUT2D eigenvalue weighted by Crippen LogP contribution is 2.34. The average molecular weight is 338 g/mol. The molecule has 0 spiro atoms. The van der Waals surface area contributed by atoms with Crippen molar-refractivity contribution in [2.24, 2.45) is 0 Å². The third-order valence-corrected chi connectivity index (χ3v) is 4.30. The summed E-state index contributed by atoms with van der Waals surface area (Å²) >= 11 is 6.00. The molecule has 1 saturated heterocycles. The molecular weight excluding hydrogens is 326 g/mol. The molecule has 1 aromatic carbocycles. The fraction of sp³-hybridized carbons (Fsp3) is 0.214. The van der Waals surface area contributed by atoms with E-state index in [-0.39, 0.29) is 9.23 Å². The van der Waals surface area contributed by atoms with Crippen molar-refractivity contribution in [1.82, 2.24) is 4.90 Å². The smallest absolute Gasteiger partial charge is 0.266 e. The average Bonchev–Trinajstić information content (AvgIpc) is 2.76. The largest absolute Gasteiger partial charge is 0.548 e. The second kappa shape index (κ2) is 6.91. The maximum atomic E-state index is 12.3. The fourth-order valence-corrected chi connectivity index (χ4v) is 3.25. The summed E-state index contributed by atoms with van der Waals surface area (Å²) < 4.78 is 5.17. The van der Waals surface area contributed by atoms with Crippen LogP contribution >= 0.6 is 24.0 Å². The molecule has 0 saturated carbocycles. The first-order chi connectivity index (χ1) is 10.5. The van der Waals surface area contributed by atoms with Crippen LogP contribution in [0.4, 0.5) is 0 Å². The number of carbonyl (C=O) groups is 2. The van der Waals surface area contributed by atoms with Gasteiger partial charge in [-0.15, -0.1) is 0 Å². The van der Waals surface area contributed by atoms with Crippen LogP contribution in [0.15, 0.2) is 29.2 Å². The van der Waals surface area contributed by atoms with Crippen LogP contribution in [0, 0.1) is 0 Å². The van der Waals surface area contributed by atoms with Crippen LogP contribution < -0.4 is 9.84 Å². The summed E-state index contributed by atoms with van der Waals surface area (Å²) in [6.45, 7) is -0.763. The number of aliphatic hydroxyl groups excluding tert-OH is 1. The van der Waals surface area contributed by atoms with E-state index in [1.165, 1.54) is 7.11 Å². The number of thioether (sulfide) groups is 1. The molecule has 1 fully saturated rings. The van der Waals surface area contributed by atoms with Crippen molar-refractivity contribution in [1.29, 1.82) is 0 Å². The molecule has 6 nitrogen and oxygen atoms in total. The van der Waals surface area contributed by atoms with Gasteiger partial charge in [-0.1, -0.05) is 36.1 Å². The Kier molecular flexibility index (Phi) is 5.17. The molecule has 1 aliphatic heterocycles. The summed E-state index contributed by atoms with van der Waals surface area (Å²) in [4.78, 5) is 24.4. The number of ether oxygens (including phenoxy) is 1. The van der Waals surface area contributed by atoms with Gasteiger partial charge in [0, 0.05) is 0 Å². The summed E-state index contributed by atoms with van der Waals surface area (Å²) in [5.74, 6) is -1.49. The van der Waals surface area contributed by atoms with Gasteiger partial charge in [0.2, 0.25) is 0 Å². The molecule has 1 N–H and O–H groups in total. The SMILES string of the molecule is COc1cccc(/C=C2\SC(=S)N([C@@H](CO)C(=O)[O-])C2=O)c1. The van der Waals surface area contributed by atoms with E-state index in [1.54, 1.807) is 30.3 Å². The first kappa shape index (κ1) is 16.5. The number of hydrogen-bond donors (Lipinski definition) is 1. The molecule has 22 heavy (non-hydrogen) atoms. The van der Waals surface area contributed by atoms with E-state index in [0.29, 0.717) is 11.3 Å². The van der Waals surface area contributed by atoms with Gasteiger partial charge in [0.1, 0.15) is 16.1 Å². The Morgan fingerprint density at radius 3 is 2.91 bits per heavy atom. The fourth-order valence-electron chi connectivity index (χ4n) is 1.89. The molecular formula is C14H12NO5S2-. The van der Waals surface area contributed by atoms with Gasteiger partial charge in [-0.2, -0.15) is 0 Å². The molecule has 0 aromatic heterocycles. The number of carbonyl (C=O) groups excluding carboxylic acids is 2. The normalized spacial score (nSPS) is 17.9. The zero-order valence-electron chi connectivity index (χ0n) is 11.5. The van der Waals surface area contributed by atoms with Crippen molar-refractivity contribution >= 4 is 46.3 Å². The number of carboxylic acid groups (broad SMARTS) is 1. The number of amides is 1. The number of aliphatic hydroxyl groups is 1. The van der Waals surface area contributed by atoms with Crippen molar-refractivity contribution in [2.75, 3.05) is 13.7 Å². The third kappa shape index (κ3) is 3.29. The minimum atomic E-state index is -1.55. The lowest BCUT2D eigenvalue weighted by molar-refractivity contribution is -0.311. The van der Waals surface area contributed by atoms with E-state index in [2.05, 4.69) is 0 Å². The number of rotatable bonds is 5. The van der Waals surface area contributed by atoms with E-state index in [1.807, 2.05) is 0 Å². The molecule has 1 amide bonds. The second-order valence-corrected chi connectivity index (χ2v) is 6.02. The molecule has 1 aliphatic rings. The summed E-state index contributed by atoms with van der Waals surface area (Å²) in [6, 6.07) is 5.55. The van der Waals surface area contributed by atoms with Gasteiger partial charge >= 0.3 is 0 Å². The Labute approximate surface area is 136 Å². The van der Waals surface area contributed by atoms with Gasteiger partial charge in [-0.25, -0.2) is 0 Å². The first-order valence-corrected chi connectivity index (χ1v) is 7.43. The molecule has 116 valence electrons. The minimum Gasteiger partial charge on any atom is -0.548 e. The molecule has 1 aromatic rings. The minimum absolute atomic E-state index is 0.0717. The van der Waals surface area contributed by atoms with Crippen LogP contribution in [0.3, 0.4) is 0 Å². The second-order valence-electron chi connectivity index (χ2n) is 4.35. The predicted octanol–water partition coefficient (Wildman–Crippen LogP) is 0.00720. The number of benzene rings is 1. The van der Waals surface area contributed by atoms with Gasteiger partial charge in [0.15, 0.2) is 0 Å². The van der Waals surface area contributed by atoms with Crippen molar-refractivity contribution < 1.29 is 24.5 Å². The Bertz CT molecular complexity index is 658. The van der Waals surface area contributed by atoms with E-state index in [4.69, 9.17) is 22.1 Å². The number of aliphatic carboxylic acids is 1. The van der Waals surface area contributed by atoms with Crippen LogP contribution in [0.1, 0.15) is 5.56 Å². The van der Waals surface area contributed by atoms with Crippen molar-refractivity contribution in [3.8, 4) is 5.75 Å². The van der Waals surface area contributed by atoms with E-state index in [0.717, 1.165) is 16.7 Å². The number of carboxylic acids is 1. The van der Waals surface area contributed by atoms with Crippen LogP contribution in [0.25, 0.3) is 6.08 Å². The monoisotopic (exact) mass is 338 g/mol. The number of hydrogen-bond acceptors (Lipinski definition) is 7. The zero-order valence-corrected chi connectivity index (χ0v) is 13.1. The molecule has 2 rings (SSSR count). The highest BCUT2D eigenvalue weighted by Gasteiger charge is 2.37. The summed E-state index contributed by atoms with van der Waals surface area (Å²) in [6.07, 6.45) is 1.59. The quantitative estimate of drug-likeness (QED) is 0.597. The Morgan fingerprint density at radius 2 is 2.32 bits per heavy atom. The highest BCUT2D eigenvalue weighted by molar-refractivity contribution is 8.26. The maximum Gasteiger partial charge on any atom is 0.266 e. The standard InChI is InChI=1S/C14H13NO5S2/c1-20-9-4-2-3-8(5-9)6-11-12(17)15(14(21)22-11)10(7-16)13(18)19/h2-6,10,16H,7H2,1H3,(H,18,19)/p-1/b11-6-/t10-/m0/s1. The van der Waals surface area contributed by atoms with Gasteiger partial charge in [0.05, 0.1) is 24.6 Å². The van der Waals surface area contributed by atoms with E-state index < -0.39 is 24.5 Å². The Balaban J connectivity index is 2.31. The topological polar surface area (TPSA) is 89.9 Å². The van der Waals surface area contributed by atoms with Crippen LogP contribution in [-0.4, -0.2) is 46.0 Å². The van der Waals surface area contributed by atoms with E-state index >= 15 is 0 Å². The molecule has 1 heterocycles. The van der Waals surface area contributed by atoms with E-state index in [9.17, 15) is 14.7 Å². The number of methoxy groups -OCH3 is 1. The number of thiocarbonyl (C=S) groups is 1. The summed E-state index contributed by atoms with van der Waals surface area (Å²) in [5, 5.41) is 20.1. The van der Waals surface area contributed by atoms with Gasteiger partial charge < -0.3 is 19.7 Å². The van der Waals surface area contributed by atoms with Gasteiger partial charge in [0.25, 0.3) is 5.91 Å². The molecule has 8 heteroatoms.